The minimum Gasteiger partial charge on any atom is -0.166 e. The van der Waals surface area contributed by atoms with Gasteiger partial charge >= 0.3 is 6.18 Å². The second-order valence-electron chi connectivity index (χ2n) is 4.11. The molecule has 0 aliphatic carbocycles. The molecule has 0 saturated heterocycles. The van der Waals surface area contributed by atoms with Crippen molar-refractivity contribution in [3.05, 3.63) is 77.4 Å². The van der Waals surface area contributed by atoms with E-state index in [-0.39, 0.29) is 5.56 Å². The predicted octanol–water partition coefficient (Wildman–Crippen LogP) is 5.16. The first-order valence-corrected chi connectivity index (χ1v) is 5.92. The maximum atomic E-state index is 13.0. The fraction of sp³-hybridized carbons (Fsp3) is 0.125. The summed E-state index contributed by atoms with van der Waals surface area (Å²) in [6.07, 6.45) is -2.64. The number of halogens is 3. The lowest BCUT2D eigenvalue weighted by Crippen LogP contribution is -2.08. The average Bonchev–Trinajstić information content (AvgIpc) is 2.40. The Labute approximate surface area is 110 Å². The SMILES string of the molecule is C/C=C(\c1ccccc1)c1ccccc1C(F)(F)F. The molecule has 0 atom stereocenters. The van der Waals surface area contributed by atoms with Crippen LogP contribution in [0.1, 0.15) is 23.6 Å². The van der Waals surface area contributed by atoms with Gasteiger partial charge in [0.15, 0.2) is 0 Å². The van der Waals surface area contributed by atoms with Gasteiger partial charge in [-0.05, 0) is 29.7 Å². The zero-order valence-electron chi connectivity index (χ0n) is 10.4. The Bertz CT molecular complexity index is 580. The monoisotopic (exact) mass is 262 g/mol. The van der Waals surface area contributed by atoms with Gasteiger partial charge in [0.2, 0.25) is 0 Å². The summed E-state index contributed by atoms with van der Waals surface area (Å²) in [5.74, 6) is 0. The van der Waals surface area contributed by atoms with Crippen molar-refractivity contribution in [3.63, 3.8) is 0 Å². The van der Waals surface area contributed by atoms with E-state index in [9.17, 15) is 13.2 Å². The number of allylic oxidation sites excluding steroid dienone is 1. The second kappa shape index (κ2) is 5.31. The van der Waals surface area contributed by atoms with Crippen molar-refractivity contribution in [2.45, 2.75) is 13.1 Å². The van der Waals surface area contributed by atoms with Crippen molar-refractivity contribution >= 4 is 5.57 Å². The third-order valence-electron chi connectivity index (χ3n) is 2.90. The number of hydrogen-bond donors (Lipinski definition) is 0. The van der Waals surface area contributed by atoms with Gasteiger partial charge in [-0.1, -0.05) is 54.6 Å². The van der Waals surface area contributed by atoms with Gasteiger partial charge in [-0.2, -0.15) is 13.2 Å². The molecule has 0 aromatic heterocycles. The Morgan fingerprint density at radius 3 is 2.05 bits per heavy atom. The first kappa shape index (κ1) is 13.4. The average molecular weight is 262 g/mol. The molecule has 0 spiro atoms. The van der Waals surface area contributed by atoms with Crippen LogP contribution in [0.15, 0.2) is 60.7 Å². The quantitative estimate of drug-likeness (QED) is 0.701. The highest BCUT2D eigenvalue weighted by atomic mass is 19.4. The number of rotatable bonds is 2. The van der Waals surface area contributed by atoms with Crippen LogP contribution in [0, 0.1) is 0 Å². The predicted molar refractivity (Wildman–Crippen MR) is 70.6 cm³/mol. The smallest absolute Gasteiger partial charge is 0.166 e. The van der Waals surface area contributed by atoms with E-state index in [1.807, 2.05) is 30.3 Å². The Balaban J connectivity index is 2.58. The van der Waals surface area contributed by atoms with Gasteiger partial charge < -0.3 is 0 Å². The molecule has 0 fully saturated rings. The zero-order valence-corrected chi connectivity index (χ0v) is 10.4. The van der Waals surface area contributed by atoms with Crippen LogP contribution in [0.5, 0.6) is 0 Å². The van der Waals surface area contributed by atoms with E-state index in [4.69, 9.17) is 0 Å². The van der Waals surface area contributed by atoms with Gasteiger partial charge in [0.25, 0.3) is 0 Å². The fourth-order valence-electron chi connectivity index (χ4n) is 2.06. The summed E-state index contributed by atoms with van der Waals surface area (Å²) in [5.41, 5.74) is 0.978. The van der Waals surface area contributed by atoms with Crippen molar-refractivity contribution in [1.29, 1.82) is 0 Å². The van der Waals surface area contributed by atoms with E-state index < -0.39 is 11.7 Å². The van der Waals surface area contributed by atoms with Crippen molar-refractivity contribution in [2.24, 2.45) is 0 Å². The molecule has 0 bridgehead atoms. The summed E-state index contributed by atoms with van der Waals surface area (Å²) in [5, 5.41) is 0. The number of hydrogen-bond acceptors (Lipinski definition) is 0. The number of alkyl halides is 3. The maximum absolute atomic E-state index is 13.0. The summed E-state index contributed by atoms with van der Waals surface area (Å²) in [6, 6.07) is 14.7. The standard InChI is InChI=1S/C16H13F3/c1-2-13(12-8-4-3-5-9-12)14-10-6-7-11-15(14)16(17,18)19/h2-11H,1H3/b13-2+. The molecule has 0 nitrogen and oxygen atoms in total. The van der Waals surface area contributed by atoms with Gasteiger partial charge in [0.1, 0.15) is 0 Å². The highest BCUT2D eigenvalue weighted by Gasteiger charge is 2.33. The maximum Gasteiger partial charge on any atom is 0.417 e. The molecule has 0 aliphatic rings. The summed E-state index contributed by atoms with van der Waals surface area (Å²) >= 11 is 0. The summed E-state index contributed by atoms with van der Waals surface area (Å²) in [4.78, 5) is 0. The van der Waals surface area contributed by atoms with Crippen LogP contribution in [0.25, 0.3) is 5.57 Å². The molecule has 19 heavy (non-hydrogen) atoms. The molecule has 0 aliphatic heterocycles. The molecule has 0 saturated carbocycles. The summed E-state index contributed by atoms with van der Waals surface area (Å²) in [7, 11) is 0. The van der Waals surface area contributed by atoms with Crippen molar-refractivity contribution in [2.75, 3.05) is 0 Å². The largest absolute Gasteiger partial charge is 0.417 e. The molecule has 0 N–H and O–H groups in total. The van der Waals surface area contributed by atoms with Crippen molar-refractivity contribution in [1.82, 2.24) is 0 Å². The Morgan fingerprint density at radius 2 is 1.47 bits per heavy atom. The first-order chi connectivity index (χ1) is 9.04. The fourth-order valence-corrected chi connectivity index (χ4v) is 2.06. The van der Waals surface area contributed by atoms with Crippen molar-refractivity contribution in [3.8, 4) is 0 Å². The molecule has 0 unspecified atom stereocenters. The Kier molecular flexibility index (Phi) is 3.74. The molecular formula is C16H13F3. The molecule has 0 amide bonds. The molecule has 2 rings (SSSR count). The lowest BCUT2D eigenvalue weighted by molar-refractivity contribution is -0.137. The zero-order chi connectivity index (χ0) is 13.9. The van der Waals surface area contributed by atoms with Crippen LogP contribution in [-0.2, 0) is 6.18 Å². The first-order valence-electron chi connectivity index (χ1n) is 5.92. The molecule has 0 heterocycles. The van der Waals surface area contributed by atoms with E-state index in [1.54, 1.807) is 19.1 Å². The van der Waals surface area contributed by atoms with Gasteiger partial charge in [-0.15, -0.1) is 0 Å². The normalized spacial score (nSPS) is 12.5. The minimum absolute atomic E-state index is 0.212. The summed E-state index contributed by atoms with van der Waals surface area (Å²) < 4.78 is 39.1. The van der Waals surface area contributed by atoms with Crippen LogP contribution in [0.4, 0.5) is 13.2 Å². The van der Waals surface area contributed by atoms with Crippen molar-refractivity contribution < 1.29 is 13.2 Å². The summed E-state index contributed by atoms with van der Waals surface area (Å²) in [6.45, 7) is 1.75. The Morgan fingerprint density at radius 1 is 0.895 bits per heavy atom. The van der Waals surface area contributed by atoms with Crippen LogP contribution in [-0.4, -0.2) is 0 Å². The Hall–Kier alpha value is -2.03. The highest BCUT2D eigenvalue weighted by Crippen LogP contribution is 2.36. The lowest BCUT2D eigenvalue weighted by Gasteiger charge is -2.15. The van der Waals surface area contributed by atoms with E-state index in [0.29, 0.717) is 5.57 Å². The van der Waals surface area contributed by atoms with Gasteiger partial charge in [0, 0.05) is 0 Å². The van der Waals surface area contributed by atoms with Crippen LogP contribution < -0.4 is 0 Å². The van der Waals surface area contributed by atoms with Gasteiger partial charge in [0.05, 0.1) is 5.56 Å². The molecular weight excluding hydrogens is 249 g/mol. The van der Waals surface area contributed by atoms with E-state index in [2.05, 4.69) is 0 Å². The van der Waals surface area contributed by atoms with Gasteiger partial charge in [-0.25, -0.2) is 0 Å². The van der Waals surface area contributed by atoms with Crippen LogP contribution in [0.2, 0.25) is 0 Å². The molecule has 98 valence electrons. The van der Waals surface area contributed by atoms with E-state index in [0.717, 1.165) is 11.6 Å². The minimum atomic E-state index is -4.35. The molecule has 0 radical (unpaired) electrons. The third kappa shape index (κ3) is 2.87. The third-order valence-corrected chi connectivity index (χ3v) is 2.90. The van der Waals surface area contributed by atoms with E-state index >= 15 is 0 Å². The highest BCUT2D eigenvalue weighted by molar-refractivity contribution is 5.81. The number of benzene rings is 2. The molecule has 2 aromatic rings. The van der Waals surface area contributed by atoms with E-state index in [1.165, 1.54) is 12.1 Å². The second-order valence-corrected chi connectivity index (χ2v) is 4.11. The van der Waals surface area contributed by atoms with Crippen LogP contribution >= 0.6 is 0 Å². The van der Waals surface area contributed by atoms with Crippen LogP contribution in [0.3, 0.4) is 0 Å². The molecule has 3 heteroatoms. The topological polar surface area (TPSA) is 0 Å². The van der Waals surface area contributed by atoms with Gasteiger partial charge in [-0.3, -0.25) is 0 Å². The lowest BCUT2D eigenvalue weighted by atomic mass is 9.93. The molecule has 2 aromatic carbocycles.